The third kappa shape index (κ3) is 4.84. The molecule has 1 atom stereocenters. The SMILES string of the molecule is CC[C@H](C)N1C(=O)S/C(=C/c2cc(OC)c(OCC(=O)OC)cc2Br)C1=O. The van der Waals surface area contributed by atoms with Gasteiger partial charge in [-0.25, -0.2) is 4.79 Å². The van der Waals surface area contributed by atoms with Gasteiger partial charge in [-0.1, -0.05) is 22.9 Å². The van der Waals surface area contributed by atoms with Crippen molar-refractivity contribution in [2.75, 3.05) is 20.8 Å². The summed E-state index contributed by atoms with van der Waals surface area (Å²) in [5.74, 6) is -0.0960. The van der Waals surface area contributed by atoms with Gasteiger partial charge in [-0.05, 0) is 48.9 Å². The fourth-order valence-corrected chi connectivity index (χ4v) is 3.67. The number of benzene rings is 1. The zero-order chi connectivity index (χ0) is 20.1. The number of amides is 2. The Morgan fingerprint density at radius 3 is 2.59 bits per heavy atom. The van der Waals surface area contributed by atoms with E-state index in [1.807, 2.05) is 13.8 Å². The Labute approximate surface area is 170 Å². The molecular formula is C18H20BrNO6S. The van der Waals surface area contributed by atoms with Gasteiger partial charge in [-0.2, -0.15) is 0 Å². The van der Waals surface area contributed by atoms with Gasteiger partial charge >= 0.3 is 5.97 Å². The van der Waals surface area contributed by atoms with E-state index in [0.29, 0.717) is 32.9 Å². The number of hydrogen-bond donors (Lipinski definition) is 0. The van der Waals surface area contributed by atoms with Crippen LogP contribution < -0.4 is 9.47 Å². The molecule has 0 spiro atoms. The predicted octanol–water partition coefficient (Wildman–Crippen LogP) is 3.84. The highest BCUT2D eigenvalue weighted by Gasteiger charge is 2.37. The third-order valence-corrected chi connectivity index (χ3v) is 5.57. The average molecular weight is 458 g/mol. The van der Waals surface area contributed by atoms with Crippen LogP contribution in [0.4, 0.5) is 4.79 Å². The molecule has 0 saturated carbocycles. The lowest BCUT2D eigenvalue weighted by atomic mass is 10.1. The van der Waals surface area contributed by atoms with Gasteiger partial charge in [0, 0.05) is 10.5 Å². The van der Waals surface area contributed by atoms with Crippen molar-refractivity contribution in [3.05, 3.63) is 27.1 Å². The van der Waals surface area contributed by atoms with E-state index in [-0.39, 0.29) is 23.8 Å². The van der Waals surface area contributed by atoms with Crippen LogP contribution in [0, 0.1) is 0 Å². The molecule has 9 heteroatoms. The van der Waals surface area contributed by atoms with Crippen molar-refractivity contribution in [3.63, 3.8) is 0 Å². The van der Waals surface area contributed by atoms with Crippen LogP contribution in [0.25, 0.3) is 6.08 Å². The van der Waals surface area contributed by atoms with Crippen molar-refractivity contribution in [1.82, 2.24) is 4.90 Å². The summed E-state index contributed by atoms with van der Waals surface area (Å²) in [6, 6.07) is 3.14. The van der Waals surface area contributed by atoms with Gasteiger partial charge in [0.15, 0.2) is 18.1 Å². The Morgan fingerprint density at radius 2 is 2.00 bits per heavy atom. The summed E-state index contributed by atoms with van der Waals surface area (Å²) in [4.78, 5) is 37.6. The second-order valence-corrected chi connectivity index (χ2v) is 7.55. The largest absolute Gasteiger partial charge is 0.493 e. The predicted molar refractivity (Wildman–Crippen MR) is 106 cm³/mol. The first-order valence-corrected chi connectivity index (χ1v) is 9.77. The molecule has 146 valence electrons. The van der Waals surface area contributed by atoms with Crippen molar-refractivity contribution in [2.24, 2.45) is 0 Å². The highest BCUT2D eigenvalue weighted by atomic mass is 79.9. The lowest BCUT2D eigenvalue weighted by Crippen LogP contribution is -2.36. The molecular weight excluding hydrogens is 438 g/mol. The quantitative estimate of drug-likeness (QED) is 0.454. The number of carbonyl (C=O) groups excluding carboxylic acids is 3. The van der Waals surface area contributed by atoms with Crippen LogP contribution in [-0.4, -0.2) is 48.9 Å². The summed E-state index contributed by atoms with van der Waals surface area (Å²) in [7, 11) is 2.74. The molecule has 1 aliphatic rings. The molecule has 0 aliphatic carbocycles. The first-order valence-electron chi connectivity index (χ1n) is 8.16. The van der Waals surface area contributed by atoms with Crippen LogP contribution in [0.5, 0.6) is 11.5 Å². The average Bonchev–Trinajstić information content (AvgIpc) is 2.93. The molecule has 1 heterocycles. The zero-order valence-electron chi connectivity index (χ0n) is 15.4. The fraction of sp³-hybridized carbons (Fsp3) is 0.389. The van der Waals surface area contributed by atoms with Crippen LogP contribution in [0.2, 0.25) is 0 Å². The summed E-state index contributed by atoms with van der Waals surface area (Å²) in [6.07, 6.45) is 2.32. The highest BCUT2D eigenvalue weighted by Crippen LogP contribution is 2.38. The molecule has 1 fully saturated rings. The van der Waals surface area contributed by atoms with Gasteiger partial charge in [0.1, 0.15) is 0 Å². The number of halogens is 1. The molecule has 2 rings (SSSR count). The molecule has 1 aromatic rings. The smallest absolute Gasteiger partial charge is 0.343 e. The molecule has 0 radical (unpaired) electrons. The van der Waals surface area contributed by atoms with Gasteiger partial charge in [0.05, 0.1) is 19.1 Å². The number of thioether (sulfide) groups is 1. The zero-order valence-corrected chi connectivity index (χ0v) is 17.8. The van der Waals surface area contributed by atoms with E-state index in [4.69, 9.17) is 9.47 Å². The molecule has 1 saturated heterocycles. The molecule has 1 aliphatic heterocycles. The van der Waals surface area contributed by atoms with E-state index in [1.165, 1.54) is 19.1 Å². The first-order chi connectivity index (χ1) is 12.8. The third-order valence-electron chi connectivity index (χ3n) is 4.00. The number of imide groups is 1. The number of esters is 1. The van der Waals surface area contributed by atoms with Crippen molar-refractivity contribution in [3.8, 4) is 11.5 Å². The van der Waals surface area contributed by atoms with E-state index in [9.17, 15) is 14.4 Å². The topological polar surface area (TPSA) is 82.1 Å². The first kappa shape index (κ1) is 21.3. The van der Waals surface area contributed by atoms with E-state index >= 15 is 0 Å². The molecule has 0 N–H and O–H groups in total. The number of hydrogen-bond acceptors (Lipinski definition) is 7. The van der Waals surface area contributed by atoms with Gasteiger partial charge in [0.2, 0.25) is 0 Å². The maximum atomic E-state index is 12.6. The van der Waals surface area contributed by atoms with Crippen molar-refractivity contribution in [2.45, 2.75) is 26.3 Å². The summed E-state index contributed by atoms with van der Waals surface area (Å²) in [5.41, 5.74) is 0.645. The fourth-order valence-electron chi connectivity index (χ4n) is 2.31. The van der Waals surface area contributed by atoms with E-state index < -0.39 is 5.97 Å². The summed E-state index contributed by atoms with van der Waals surface area (Å²) < 4.78 is 15.9. The van der Waals surface area contributed by atoms with Crippen LogP contribution >= 0.6 is 27.7 Å². The van der Waals surface area contributed by atoms with E-state index in [1.54, 1.807) is 18.2 Å². The second kappa shape index (κ2) is 9.27. The van der Waals surface area contributed by atoms with Crippen molar-refractivity contribution < 1.29 is 28.6 Å². The summed E-state index contributed by atoms with van der Waals surface area (Å²) in [6.45, 7) is 3.50. The van der Waals surface area contributed by atoms with Gasteiger partial charge < -0.3 is 14.2 Å². The Balaban J connectivity index is 2.31. The Bertz CT molecular complexity index is 794. The van der Waals surface area contributed by atoms with E-state index in [2.05, 4.69) is 20.7 Å². The Morgan fingerprint density at radius 1 is 1.30 bits per heavy atom. The maximum absolute atomic E-state index is 12.6. The lowest BCUT2D eigenvalue weighted by Gasteiger charge is -2.19. The minimum Gasteiger partial charge on any atom is -0.493 e. The molecule has 0 aromatic heterocycles. The minimum absolute atomic E-state index is 0.157. The number of methoxy groups -OCH3 is 2. The maximum Gasteiger partial charge on any atom is 0.343 e. The lowest BCUT2D eigenvalue weighted by molar-refractivity contribution is -0.143. The molecule has 7 nitrogen and oxygen atoms in total. The Kier molecular flexibility index (Phi) is 7.32. The molecule has 1 aromatic carbocycles. The number of nitrogens with zero attached hydrogens (tertiary/aromatic N) is 1. The number of rotatable bonds is 7. The number of ether oxygens (including phenoxy) is 3. The molecule has 2 amide bonds. The summed E-state index contributed by atoms with van der Waals surface area (Å²) >= 11 is 4.33. The van der Waals surface area contributed by atoms with Gasteiger partial charge in [-0.3, -0.25) is 14.5 Å². The minimum atomic E-state index is -0.518. The molecule has 0 bridgehead atoms. The molecule has 27 heavy (non-hydrogen) atoms. The monoisotopic (exact) mass is 457 g/mol. The van der Waals surface area contributed by atoms with Gasteiger partial charge in [0.25, 0.3) is 11.1 Å². The van der Waals surface area contributed by atoms with Crippen LogP contribution in [0.15, 0.2) is 21.5 Å². The van der Waals surface area contributed by atoms with Crippen LogP contribution in [-0.2, 0) is 14.3 Å². The van der Waals surface area contributed by atoms with Gasteiger partial charge in [-0.15, -0.1) is 0 Å². The Hall–Kier alpha value is -2.00. The molecule has 0 unspecified atom stereocenters. The van der Waals surface area contributed by atoms with Crippen LogP contribution in [0.3, 0.4) is 0 Å². The normalized spacial score (nSPS) is 16.6. The van der Waals surface area contributed by atoms with Crippen LogP contribution in [0.1, 0.15) is 25.8 Å². The van der Waals surface area contributed by atoms with Crippen molar-refractivity contribution >= 4 is 50.9 Å². The second-order valence-electron chi connectivity index (χ2n) is 5.70. The van der Waals surface area contributed by atoms with Crippen molar-refractivity contribution in [1.29, 1.82) is 0 Å². The number of carbonyl (C=O) groups is 3. The highest BCUT2D eigenvalue weighted by molar-refractivity contribution is 9.10. The standard InChI is InChI=1S/C18H20BrNO6S/c1-5-10(2)20-17(22)15(27-18(20)23)7-11-6-13(24-3)14(8-12(11)19)26-9-16(21)25-4/h6-8,10H,5,9H2,1-4H3/b15-7+/t10-/m0/s1. The van der Waals surface area contributed by atoms with E-state index in [0.717, 1.165) is 11.8 Å². The summed E-state index contributed by atoms with van der Waals surface area (Å²) in [5, 5.41) is -0.276.